The number of nitrogens with one attached hydrogen (secondary N) is 1. The third-order valence-corrected chi connectivity index (χ3v) is 3.11. The minimum atomic E-state index is 0.273. The Kier molecular flexibility index (Phi) is 3.54. The number of aromatic nitrogens is 4. The van der Waals surface area contributed by atoms with Crippen LogP contribution in [0.3, 0.4) is 0 Å². The maximum absolute atomic E-state index is 5.88. The minimum Gasteiger partial charge on any atom is -0.322 e. The molecule has 0 spiro atoms. The van der Waals surface area contributed by atoms with Gasteiger partial charge in [0.2, 0.25) is 4.77 Å². The Morgan fingerprint density at radius 2 is 1.70 bits per heavy atom. The van der Waals surface area contributed by atoms with Crippen LogP contribution in [0.15, 0.2) is 48.7 Å². The van der Waals surface area contributed by atoms with Crippen LogP contribution in [0.25, 0.3) is 22.9 Å². The fourth-order valence-electron chi connectivity index (χ4n) is 1.75. The maximum atomic E-state index is 5.88. The van der Waals surface area contributed by atoms with E-state index in [-0.39, 0.29) is 4.77 Å². The van der Waals surface area contributed by atoms with Gasteiger partial charge < -0.3 is 4.98 Å². The van der Waals surface area contributed by atoms with Gasteiger partial charge in [-0.05, 0) is 48.6 Å². The van der Waals surface area contributed by atoms with E-state index in [1.807, 2.05) is 30.3 Å². The Bertz CT molecular complexity index is 784. The summed E-state index contributed by atoms with van der Waals surface area (Å²) < 4.78 is 0.273. The van der Waals surface area contributed by atoms with Gasteiger partial charge in [0.05, 0.1) is 0 Å². The van der Waals surface area contributed by atoms with Gasteiger partial charge in [-0.25, -0.2) is 4.98 Å². The Labute approximate surface area is 125 Å². The van der Waals surface area contributed by atoms with Gasteiger partial charge in [-0.3, -0.25) is 4.98 Å². The maximum Gasteiger partial charge on any atom is 0.223 e. The lowest BCUT2D eigenvalue weighted by atomic mass is 10.2. The number of benzene rings is 1. The molecule has 2 heterocycles. The van der Waals surface area contributed by atoms with Gasteiger partial charge in [0.1, 0.15) is 11.5 Å². The number of nitrogens with zero attached hydrogens (tertiary/aromatic N) is 3. The average molecular weight is 301 g/mol. The second kappa shape index (κ2) is 5.48. The molecule has 0 aliphatic carbocycles. The zero-order valence-electron chi connectivity index (χ0n) is 10.2. The van der Waals surface area contributed by atoms with Crippen molar-refractivity contribution in [3.8, 4) is 22.9 Å². The Morgan fingerprint density at radius 3 is 2.40 bits per heavy atom. The third kappa shape index (κ3) is 2.74. The van der Waals surface area contributed by atoms with E-state index in [1.165, 1.54) is 0 Å². The molecule has 0 radical (unpaired) electrons. The molecule has 2 aromatic heterocycles. The third-order valence-electron chi connectivity index (χ3n) is 2.68. The molecular formula is C14H9ClN4S. The Hall–Kier alpha value is -2.11. The predicted octanol–water partition coefficient (Wildman–Crippen LogP) is 3.92. The largest absolute Gasteiger partial charge is 0.322 e. The van der Waals surface area contributed by atoms with Crippen LogP contribution in [0.2, 0.25) is 5.02 Å². The van der Waals surface area contributed by atoms with Crippen LogP contribution in [0, 0.1) is 4.77 Å². The lowest BCUT2D eigenvalue weighted by Crippen LogP contribution is -1.97. The number of rotatable bonds is 2. The first-order valence-electron chi connectivity index (χ1n) is 5.88. The number of aromatic amines is 1. The normalized spacial score (nSPS) is 10.4. The zero-order chi connectivity index (χ0) is 13.9. The first-order chi connectivity index (χ1) is 9.72. The molecule has 1 aromatic carbocycles. The smallest absolute Gasteiger partial charge is 0.223 e. The molecule has 3 rings (SSSR count). The highest BCUT2D eigenvalue weighted by atomic mass is 35.5. The van der Waals surface area contributed by atoms with Crippen molar-refractivity contribution in [1.82, 2.24) is 19.9 Å². The number of hydrogen-bond donors (Lipinski definition) is 1. The SMILES string of the molecule is S=c1nc(-c2ccc(Cl)cc2)[nH]c(-c2ccccn2)n1. The summed E-state index contributed by atoms with van der Waals surface area (Å²) in [6.45, 7) is 0. The van der Waals surface area contributed by atoms with Crippen molar-refractivity contribution < 1.29 is 0 Å². The van der Waals surface area contributed by atoms with Gasteiger partial charge in [-0.15, -0.1) is 0 Å². The van der Waals surface area contributed by atoms with Gasteiger partial charge in [-0.2, -0.15) is 4.98 Å². The molecule has 1 N–H and O–H groups in total. The molecule has 0 bridgehead atoms. The summed E-state index contributed by atoms with van der Waals surface area (Å²) in [5.41, 5.74) is 1.61. The van der Waals surface area contributed by atoms with Crippen LogP contribution >= 0.6 is 23.8 Å². The summed E-state index contributed by atoms with van der Waals surface area (Å²) in [4.78, 5) is 15.8. The molecule has 4 nitrogen and oxygen atoms in total. The van der Waals surface area contributed by atoms with Crippen molar-refractivity contribution in [2.24, 2.45) is 0 Å². The van der Waals surface area contributed by atoms with E-state index >= 15 is 0 Å². The summed E-state index contributed by atoms with van der Waals surface area (Å²) in [5, 5.41) is 0.673. The van der Waals surface area contributed by atoms with E-state index in [0.29, 0.717) is 16.7 Å². The van der Waals surface area contributed by atoms with Crippen LogP contribution < -0.4 is 0 Å². The molecular weight excluding hydrogens is 292 g/mol. The van der Waals surface area contributed by atoms with Gasteiger partial charge in [0.15, 0.2) is 5.82 Å². The molecule has 6 heteroatoms. The number of pyridine rings is 1. The van der Waals surface area contributed by atoms with Crippen LogP contribution in [0.5, 0.6) is 0 Å². The second-order valence-corrected chi connectivity index (χ2v) is 4.85. The van der Waals surface area contributed by atoms with E-state index in [1.54, 1.807) is 18.3 Å². The molecule has 0 unspecified atom stereocenters. The van der Waals surface area contributed by atoms with E-state index in [4.69, 9.17) is 23.8 Å². The van der Waals surface area contributed by atoms with Gasteiger partial charge >= 0.3 is 0 Å². The van der Waals surface area contributed by atoms with Gasteiger partial charge in [0, 0.05) is 16.8 Å². The van der Waals surface area contributed by atoms with Gasteiger partial charge in [0.25, 0.3) is 0 Å². The standard InChI is InChI=1S/C14H9ClN4S/c15-10-6-4-9(5-7-10)12-17-13(19-14(20)18-12)11-3-1-2-8-16-11/h1-8H,(H,17,18,19,20). The van der Waals surface area contributed by atoms with Crippen molar-refractivity contribution in [2.45, 2.75) is 0 Å². The lowest BCUT2D eigenvalue weighted by Gasteiger charge is -2.04. The van der Waals surface area contributed by atoms with E-state index in [9.17, 15) is 0 Å². The molecule has 20 heavy (non-hydrogen) atoms. The van der Waals surface area contributed by atoms with E-state index < -0.39 is 0 Å². The quantitative estimate of drug-likeness (QED) is 0.729. The van der Waals surface area contributed by atoms with Crippen molar-refractivity contribution in [3.63, 3.8) is 0 Å². The summed E-state index contributed by atoms with van der Waals surface area (Å²) in [7, 11) is 0. The molecule has 0 saturated carbocycles. The summed E-state index contributed by atoms with van der Waals surface area (Å²) >= 11 is 11.0. The van der Waals surface area contributed by atoms with Crippen molar-refractivity contribution in [3.05, 3.63) is 58.5 Å². The molecule has 0 amide bonds. The molecule has 0 fully saturated rings. The molecule has 0 aliphatic heterocycles. The summed E-state index contributed by atoms with van der Waals surface area (Å²) in [6, 6.07) is 12.9. The summed E-state index contributed by atoms with van der Waals surface area (Å²) in [5.74, 6) is 1.23. The molecule has 0 saturated heterocycles. The predicted molar refractivity (Wildman–Crippen MR) is 80.9 cm³/mol. The van der Waals surface area contributed by atoms with E-state index in [0.717, 1.165) is 11.3 Å². The monoisotopic (exact) mass is 300 g/mol. The van der Waals surface area contributed by atoms with Crippen molar-refractivity contribution in [2.75, 3.05) is 0 Å². The number of hydrogen-bond acceptors (Lipinski definition) is 4. The van der Waals surface area contributed by atoms with Crippen molar-refractivity contribution >= 4 is 23.8 Å². The Balaban J connectivity index is 2.12. The van der Waals surface area contributed by atoms with E-state index in [2.05, 4.69) is 19.9 Å². The fraction of sp³-hybridized carbons (Fsp3) is 0. The van der Waals surface area contributed by atoms with Crippen LogP contribution in [0.1, 0.15) is 0 Å². The first-order valence-corrected chi connectivity index (χ1v) is 6.67. The lowest BCUT2D eigenvalue weighted by molar-refractivity contribution is 1.03. The number of H-pyrrole nitrogens is 1. The number of halogens is 1. The fourth-order valence-corrected chi connectivity index (χ4v) is 2.06. The zero-order valence-corrected chi connectivity index (χ0v) is 11.8. The highest BCUT2D eigenvalue weighted by Crippen LogP contribution is 2.20. The molecule has 0 aliphatic rings. The van der Waals surface area contributed by atoms with Crippen LogP contribution in [-0.4, -0.2) is 19.9 Å². The highest BCUT2D eigenvalue weighted by Gasteiger charge is 2.06. The minimum absolute atomic E-state index is 0.273. The topological polar surface area (TPSA) is 54.5 Å². The molecule has 0 atom stereocenters. The first kappa shape index (κ1) is 12.9. The summed E-state index contributed by atoms with van der Waals surface area (Å²) in [6.07, 6.45) is 1.70. The molecule has 3 aromatic rings. The van der Waals surface area contributed by atoms with Gasteiger partial charge in [-0.1, -0.05) is 17.7 Å². The van der Waals surface area contributed by atoms with Crippen LogP contribution in [-0.2, 0) is 0 Å². The second-order valence-electron chi connectivity index (χ2n) is 4.05. The molecule has 98 valence electrons. The average Bonchev–Trinajstić information content (AvgIpc) is 2.48. The van der Waals surface area contributed by atoms with Crippen LogP contribution in [0.4, 0.5) is 0 Å². The highest BCUT2D eigenvalue weighted by molar-refractivity contribution is 7.71. The Morgan fingerprint density at radius 1 is 0.950 bits per heavy atom. The van der Waals surface area contributed by atoms with Crippen molar-refractivity contribution in [1.29, 1.82) is 0 Å².